The third-order valence-corrected chi connectivity index (χ3v) is 6.09. The van der Waals surface area contributed by atoms with E-state index in [0.717, 1.165) is 11.1 Å². The van der Waals surface area contributed by atoms with Crippen LogP contribution in [0.25, 0.3) is 22.5 Å². The van der Waals surface area contributed by atoms with Crippen molar-refractivity contribution in [1.29, 1.82) is 5.26 Å². The van der Waals surface area contributed by atoms with Crippen molar-refractivity contribution >= 4 is 17.7 Å². The summed E-state index contributed by atoms with van der Waals surface area (Å²) >= 11 is 0. The first-order chi connectivity index (χ1) is 15.9. The standard InChI is InChI=1S/C24H18FN5O3/c1-29-12-27-21(22(29)17-5-3-16(25)9-14(17)10-26)13-2-4-18-15(8-13)11-30(24(18)33)19-6-7-20(31)28-23(19)32/h2-5,8-9,12,19H,6-7,11H2,1H3,(H,28,31,32). The van der Waals surface area contributed by atoms with E-state index in [-0.39, 0.29) is 30.3 Å². The van der Waals surface area contributed by atoms with Gasteiger partial charge in [0.05, 0.1) is 29.3 Å². The Morgan fingerprint density at radius 3 is 2.70 bits per heavy atom. The molecule has 3 aromatic rings. The normalized spacial score (nSPS) is 17.7. The van der Waals surface area contributed by atoms with Crippen LogP contribution in [0.4, 0.5) is 4.39 Å². The van der Waals surface area contributed by atoms with Gasteiger partial charge in [-0.25, -0.2) is 9.37 Å². The van der Waals surface area contributed by atoms with E-state index in [1.165, 1.54) is 17.0 Å². The van der Waals surface area contributed by atoms with Gasteiger partial charge in [-0.05, 0) is 42.3 Å². The highest BCUT2D eigenvalue weighted by Crippen LogP contribution is 2.36. The number of piperidine rings is 1. The molecule has 0 saturated carbocycles. The lowest BCUT2D eigenvalue weighted by molar-refractivity contribution is -0.136. The SMILES string of the molecule is Cn1cnc(-c2ccc3c(c2)CN(C2CCC(=O)NC2=O)C3=O)c1-c1ccc(F)cc1C#N. The van der Waals surface area contributed by atoms with Crippen LogP contribution >= 0.6 is 0 Å². The molecule has 1 N–H and O–H groups in total. The summed E-state index contributed by atoms with van der Waals surface area (Å²) in [7, 11) is 1.79. The smallest absolute Gasteiger partial charge is 0.255 e. The molecule has 2 aliphatic heterocycles. The van der Waals surface area contributed by atoms with Crippen molar-refractivity contribution in [1.82, 2.24) is 19.8 Å². The van der Waals surface area contributed by atoms with Gasteiger partial charge in [0.2, 0.25) is 11.8 Å². The maximum absolute atomic E-state index is 13.7. The lowest BCUT2D eigenvalue weighted by Gasteiger charge is -2.29. The van der Waals surface area contributed by atoms with Gasteiger partial charge in [-0.2, -0.15) is 5.26 Å². The van der Waals surface area contributed by atoms with Gasteiger partial charge in [-0.15, -0.1) is 0 Å². The Kier molecular flexibility index (Phi) is 4.78. The summed E-state index contributed by atoms with van der Waals surface area (Å²) in [6.07, 6.45) is 2.10. The van der Waals surface area contributed by atoms with E-state index in [9.17, 15) is 24.0 Å². The second kappa shape index (κ2) is 7.67. The monoisotopic (exact) mass is 443 g/mol. The van der Waals surface area contributed by atoms with Gasteiger partial charge in [0.15, 0.2) is 0 Å². The third-order valence-electron chi connectivity index (χ3n) is 6.09. The van der Waals surface area contributed by atoms with Crippen LogP contribution in [0, 0.1) is 17.1 Å². The molecule has 1 unspecified atom stereocenters. The van der Waals surface area contributed by atoms with Gasteiger partial charge in [-0.3, -0.25) is 19.7 Å². The molecule has 33 heavy (non-hydrogen) atoms. The number of fused-ring (bicyclic) bond motifs is 1. The van der Waals surface area contributed by atoms with Crippen molar-refractivity contribution in [2.75, 3.05) is 0 Å². The Hall–Kier alpha value is -4.32. The molecule has 8 nitrogen and oxygen atoms in total. The number of imidazole rings is 1. The van der Waals surface area contributed by atoms with Crippen molar-refractivity contribution in [2.45, 2.75) is 25.4 Å². The number of nitrogens with zero attached hydrogens (tertiary/aromatic N) is 4. The molecule has 0 aliphatic carbocycles. The maximum Gasteiger partial charge on any atom is 0.255 e. The summed E-state index contributed by atoms with van der Waals surface area (Å²) in [6.45, 7) is 0.246. The summed E-state index contributed by atoms with van der Waals surface area (Å²) in [5.74, 6) is -1.54. The predicted molar refractivity (Wildman–Crippen MR) is 115 cm³/mol. The van der Waals surface area contributed by atoms with E-state index in [1.54, 1.807) is 36.1 Å². The Morgan fingerprint density at radius 1 is 1.15 bits per heavy atom. The molecule has 2 aliphatic rings. The summed E-state index contributed by atoms with van der Waals surface area (Å²) in [6, 6.07) is 10.7. The number of benzene rings is 2. The number of halogens is 1. The zero-order valence-electron chi connectivity index (χ0n) is 17.6. The maximum atomic E-state index is 13.7. The first-order valence-corrected chi connectivity index (χ1v) is 10.4. The van der Waals surface area contributed by atoms with E-state index in [0.29, 0.717) is 28.9 Å². The minimum absolute atomic E-state index is 0.192. The molecule has 1 atom stereocenters. The topological polar surface area (TPSA) is 108 Å². The number of hydrogen-bond acceptors (Lipinski definition) is 5. The molecule has 0 radical (unpaired) electrons. The molecule has 0 bridgehead atoms. The Morgan fingerprint density at radius 2 is 1.94 bits per heavy atom. The number of nitrogens with one attached hydrogen (secondary N) is 1. The summed E-state index contributed by atoms with van der Waals surface area (Å²) in [5.41, 5.74) is 3.97. The number of carbonyl (C=O) groups is 3. The van der Waals surface area contributed by atoms with Crippen LogP contribution in [-0.2, 0) is 23.2 Å². The van der Waals surface area contributed by atoms with Crippen LogP contribution in [0.5, 0.6) is 0 Å². The lowest BCUT2D eigenvalue weighted by Crippen LogP contribution is -2.52. The fraction of sp³-hybridized carbons (Fsp3) is 0.208. The van der Waals surface area contributed by atoms with Gasteiger partial charge < -0.3 is 9.47 Å². The molecule has 3 amide bonds. The van der Waals surface area contributed by atoms with Crippen LogP contribution in [0.15, 0.2) is 42.7 Å². The number of aryl methyl sites for hydroxylation is 1. The molecule has 1 aromatic heterocycles. The van der Waals surface area contributed by atoms with Crippen LogP contribution < -0.4 is 5.32 Å². The molecule has 0 spiro atoms. The fourth-order valence-corrected chi connectivity index (χ4v) is 4.50. The molecule has 1 fully saturated rings. The third kappa shape index (κ3) is 3.36. The largest absolute Gasteiger partial charge is 0.333 e. The van der Waals surface area contributed by atoms with Crippen LogP contribution in [0.1, 0.15) is 34.3 Å². The molecular weight excluding hydrogens is 425 g/mol. The molecule has 3 heterocycles. The lowest BCUT2D eigenvalue weighted by atomic mass is 9.98. The molecule has 1 saturated heterocycles. The molecule has 2 aromatic carbocycles. The average molecular weight is 443 g/mol. The van der Waals surface area contributed by atoms with Gasteiger partial charge in [0, 0.05) is 36.7 Å². The number of nitriles is 1. The van der Waals surface area contributed by atoms with E-state index >= 15 is 0 Å². The number of rotatable bonds is 3. The Labute approximate surface area is 188 Å². The summed E-state index contributed by atoms with van der Waals surface area (Å²) in [4.78, 5) is 42.7. The summed E-state index contributed by atoms with van der Waals surface area (Å²) in [5, 5.41) is 11.8. The quantitative estimate of drug-likeness (QED) is 0.626. The van der Waals surface area contributed by atoms with Gasteiger partial charge in [-0.1, -0.05) is 6.07 Å². The Bertz CT molecular complexity index is 1390. The number of carbonyl (C=O) groups excluding carboxylic acids is 3. The highest BCUT2D eigenvalue weighted by molar-refractivity contribution is 6.05. The van der Waals surface area contributed by atoms with Crippen LogP contribution in [-0.4, -0.2) is 38.2 Å². The van der Waals surface area contributed by atoms with Crippen molar-refractivity contribution in [3.05, 3.63) is 65.2 Å². The summed E-state index contributed by atoms with van der Waals surface area (Å²) < 4.78 is 15.4. The average Bonchev–Trinajstić information content (AvgIpc) is 3.33. The fourth-order valence-electron chi connectivity index (χ4n) is 4.50. The predicted octanol–water partition coefficient (Wildman–Crippen LogP) is 2.53. The molecular formula is C24H18FN5O3. The number of imide groups is 1. The number of amides is 3. The van der Waals surface area contributed by atoms with Crippen molar-refractivity contribution < 1.29 is 18.8 Å². The van der Waals surface area contributed by atoms with E-state index in [2.05, 4.69) is 10.3 Å². The van der Waals surface area contributed by atoms with Crippen molar-refractivity contribution in [3.63, 3.8) is 0 Å². The van der Waals surface area contributed by atoms with Gasteiger partial charge >= 0.3 is 0 Å². The molecule has 5 rings (SSSR count). The first-order valence-electron chi connectivity index (χ1n) is 10.4. The van der Waals surface area contributed by atoms with Crippen molar-refractivity contribution in [3.8, 4) is 28.6 Å². The minimum Gasteiger partial charge on any atom is -0.333 e. The first kappa shape index (κ1) is 20.6. The second-order valence-electron chi connectivity index (χ2n) is 8.13. The second-order valence-corrected chi connectivity index (χ2v) is 8.13. The van der Waals surface area contributed by atoms with E-state index < -0.39 is 17.8 Å². The molecule has 9 heteroatoms. The zero-order chi connectivity index (χ0) is 23.3. The van der Waals surface area contributed by atoms with E-state index in [1.807, 2.05) is 12.1 Å². The van der Waals surface area contributed by atoms with Gasteiger partial charge in [0.1, 0.15) is 11.9 Å². The highest BCUT2D eigenvalue weighted by Gasteiger charge is 2.39. The van der Waals surface area contributed by atoms with Crippen LogP contribution in [0.2, 0.25) is 0 Å². The van der Waals surface area contributed by atoms with Crippen molar-refractivity contribution in [2.24, 2.45) is 7.05 Å². The minimum atomic E-state index is -0.686. The highest BCUT2D eigenvalue weighted by atomic mass is 19.1. The van der Waals surface area contributed by atoms with E-state index in [4.69, 9.17) is 0 Å². The number of aromatic nitrogens is 2. The number of hydrogen-bond donors (Lipinski definition) is 1. The Balaban J connectivity index is 1.52. The van der Waals surface area contributed by atoms with Gasteiger partial charge in [0.25, 0.3) is 5.91 Å². The van der Waals surface area contributed by atoms with Crippen LogP contribution in [0.3, 0.4) is 0 Å². The molecule has 164 valence electrons. The zero-order valence-corrected chi connectivity index (χ0v) is 17.6.